The zero-order chi connectivity index (χ0) is 19.3. The number of furan rings is 1. The topological polar surface area (TPSA) is 37.9 Å². The normalized spacial score (nSPS) is 16.9. The van der Waals surface area contributed by atoms with Crippen LogP contribution in [0.2, 0.25) is 0 Å². The predicted octanol–water partition coefficient (Wildman–Crippen LogP) is 3.01. The summed E-state index contributed by atoms with van der Waals surface area (Å²) in [6.45, 7) is 7.22. The largest absolute Gasteiger partial charge is 0.466 e. The number of benzene rings is 2. The molecule has 1 aliphatic carbocycles. The lowest BCUT2D eigenvalue weighted by Gasteiger charge is -2.36. The molecular weight excluding hydrogens is 348 g/mol. The number of carbonyl (C=O) groups excluding carboxylic acids is 1. The van der Waals surface area contributed by atoms with Crippen LogP contribution in [0, 0.1) is 13.8 Å². The van der Waals surface area contributed by atoms with Gasteiger partial charge in [0.2, 0.25) is 0 Å². The Kier molecular flexibility index (Phi) is 4.09. The van der Waals surface area contributed by atoms with Gasteiger partial charge in [-0.1, -0.05) is 48.5 Å². The molecule has 0 radical (unpaired) electrons. The summed E-state index contributed by atoms with van der Waals surface area (Å²) in [5.41, 5.74) is 6.26. The Hall–Kier alpha value is -2.85. The van der Waals surface area contributed by atoms with E-state index in [-0.39, 0.29) is 5.91 Å². The average Bonchev–Trinajstić information content (AvgIpc) is 3.24. The van der Waals surface area contributed by atoms with Crippen molar-refractivity contribution in [2.24, 2.45) is 0 Å². The summed E-state index contributed by atoms with van der Waals surface area (Å²) < 4.78 is 5.55. The molecule has 1 fully saturated rings. The smallest absolute Gasteiger partial charge is 0.257 e. The van der Waals surface area contributed by atoms with Crippen molar-refractivity contribution in [2.45, 2.75) is 19.9 Å². The van der Waals surface area contributed by atoms with Gasteiger partial charge in [0.1, 0.15) is 17.6 Å². The van der Waals surface area contributed by atoms with Crippen molar-refractivity contribution >= 4 is 5.91 Å². The minimum absolute atomic E-state index is 0.0978. The third-order valence-corrected chi connectivity index (χ3v) is 6.21. The number of hydrogen-bond donors (Lipinski definition) is 1. The van der Waals surface area contributed by atoms with Crippen molar-refractivity contribution in [3.63, 3.8) is 0 Å². The van der Waals surface area contributed by atoms with Gasteiger partial charge in [-0.3, -0.25) is 4.79 Å². The van der Waals surface area contributed by atoms with Gasteiger partial charge < -0.3 is 14.2 Å². The average molecular weight is 373 g/mol. The van der Waals surface area contributed by atoms with E-state index in [1.54, 1.807) is 4.90 Å². The molecule has 3 aromatic rings. The minimum atomic E-state index is 0.0978. The molecule has 4 nitrogen and oxygen atoms in total. The highest BCUT2D eigenvalue weighted by Crippen LogP contribution is 2.41. The summed E-state index contributed by atoms with van der Waals surface area (Å²) in [5.74, 6) is 1.61. The first-order chi connectivity index (χ1) is 13.6. The van der Waals surface area contributed by atoms with Crippen LogP contribution in [0.15, 0.2) is 59.0 Å². The summed E-state index contributed by atoms with van der Waals surface area (Å²) in [5, 5.41) is 0. The number of aryl methyl sites for hydroxylation is 2. The van der Waals surface area contributed by atoms with Crippen molar-refractivity contribution < 1.29 is 14.1 Å². The van der Waals surface area contributed by atoms with E-state index >= 15 is 0 Å². The van der Waals surface area contributed by atoms with E-state index < -0.39 is 0 Å². The van der Waals surface area contributed by atoms with Crippen LogP contribution >= 0.6 is 0 Å². The number of carbonyl (C=O) groups is 1. The zero-order valence-electron chi connectivity index (χ0n) is 16.4. The molecule has 0 saturated carbocycles. The van der Waals surface area contributed by atoms with Crippen molar-refractivity contribution in [3.8, 4) is 11.1 Å². The van der Waals surface area contributed by atoms with Crippen LogP contribution in [0.4, 0.5) is 0 Å². The summed E-state index contributed by atoms with van der Waals surface area (Å²) in [6, 6.07) is 19.8. The van der Waals surface area contributed by atoms with Crippen LogP contribution in [0.5, 0.6) is 0 Å². The molecule has 1 N–H and O–H groups in total. The number of nitrogens with one attached hydrogen (secondary N) is 1. The van der Waals surface area contributed by atoms with E-state index in [2.05, 4.69) is 48.5 Å². The maximum atomic E-state index is 12.9. The lowest BCUT2D eigenvalue weighted by molar-refractivity contribution is -0.928. The molecule has 2 heterocycles. The predicted molar refractivity (Wildman–Crippen MR) is 109 cm³/mol. The Morgan fingerprint density at radius 3 is 2.07 bits per heavy atom. The minimum Gasteiger partial charge on any atom is -0.466 e. The van der Waals surface area contributed by atoms with Gasteiger partial charge in [0, 0.05) is 11.1 Å². The Labute approximate surface area is 165 Å². The highest BCUT2D eigenvalue weighted by atomic mass is 16.3. The Morgan fingerprint density at radius 2 is 1.54 bits per heavy atom. The van der Waals surface area contributed by atoms with Gasteiger partial charge >= 0.3 is 0 Å². The van der Waals surface area contributed by atoms with E-state index in [0.717, 1.165) is 37.7 Å². The maximum absolute atomic E-state index is 12.9. The van der Waals surface area contributed by atoms with Crippen molar-refractivity contribution in [1.29, 1.82) is 0 Å². The van der Waals surface area contributed by atoms with Crippen molar-refractivity contribution in [3.05, 3.63) is 82.8 Å². The Bertz CT molecular complexity index is 999. The molecule has 1 amide bonds. The summed E-state index contributed by atoms with van der Waals surface area (Å²) in [6.07, 6.45) is 0. The fourth-order valence-electron chi connectivity index (χ4n) is 4.89. The highest BCUT2D eigenvalue weighted by molar-refractivity contribution is 5.95. The number of amides is 1. The van der Waals surface area contributed by atoms with Gasteiger partial charge in [0.25, 0.3) is 5.91 Å². The maximum Gasteiger partial charge on any atom is 0.257 e. The Balaban J connectivity index is 1.38. The molecule has 4 heteroatoms. The fraction of sp³-hybridized carbons (Fsp3) is 0.292. The Morgan fingerprint density at radius 1 is 0.964 bits per heavy atom. The number of rotatable bonds is 2. The molecule has 1 aliphatic heterocycles. The lowest BCUT2D eigenvalue weighted by Crippen LogP contribution is -3.15. The van der Waals surface area contributed by atoms with Gasteiger partial charge in [0.05, 0.1) is 31.7 Å². The standard InChI is InChI=1S/C24H24N2O2/c1-16-15-22(17(2)28-16)24(27)26-13-11-25(12-14-26)23-20-9-5-3-7-18(20)19-8-4-6-10-21(19)23/h3-10,15,23H,11-14H2,1-2H3/p+1. The number of piperazine rings is 1. The van der Waals surface area contributed by atoms with E-state index in [9.17, 15) is 4.79 Å². The van der Waals surface area contributed by atoms with E-state index in [1.807, 2.05) is 24.8 Å². The summed E-state index contributed by atoms with van der Waals surface area (Å²) in [4.78, 5) is 16.4. The molecule has 1 aromatic heterocycles. The number of hydrogen-bond acceptors (Lipinski definition) is 2. The second-order valence-electron chi connectivity index (χ2n) is 7.88. The van der Waals surface area contributed by atoms with Gasteiger partial charge in [-0.2, -0.15) is 0 Å². The highest BCUT2D eigenvalue weighted by Gasteiger charge is 2.38. The van der Waals surface area contributed by atoms with Crippen LogP contribution < -0.4 is 4.90 Å². The first-order valence-corrected chi connectivity index (χ1v) is 10.0. The van der Waals surface area contributed by atoms with Gasteiger partial charge in [-0.25, -0.2) is 0 Å². The lowest BCUT2D eigenvalue weighted by atomic mass is 10.0. The molecule has 28 heavy (non-hydrogen) atoms. The van der Waals surface area contributed by atoms with Crippen LogP contribution in [-0.2, 0) is 0 Å². The van der Waals surface area contributed by atoms with Crippen LogP contribution in [0.25, 0.3) is 11.1 Å². The third kappa shape index (κ3) is 2.68. The van der Waals surface area contributed by atoms with E-state index in [1.165, 1.54) is 22.3 Å². The molecule has 5 rings (SSSR count). The summed E-state index contributed by atoms with van der Waals surface area (Å²) >= 11 is 0. The second kappa shape index (κ2) is 6.64. The molecule has 2 aliphatic rings. The van der Waals surface area contributed by atoms with Crippen molar-refractivity contribution in [2.75, 3.05) is 26.2 Å². The van der Waals surface area contributed by atoms with Crippen LogP contribution in [0.1, 0.15) is 39.0 Å². The van der Waals surface area contributed by atoms with Crippen LogP contribution in [0.3, 0.4) is 0 Å². The fourth-order valence-corrected chi connectivity index (χ4v) is 4.89. The third-order valence-electron chi connectivity index (χ3n) is 6.21. The number of fused-ring (bicyclic) bond motifs is 3. The number of nitrogens with zero attached hydrogens (tertiary/aromatic N) is 1. The quantitative estimate of drug-likeness (QED) is 0.750. The SMILES string of the molecule is Cc1cc(C(=O)N2CC[NH+](C3c4ccccc4-c4ccccc43)CC2)c(C)o1. The summed E-state index contributed by atoms with van der Waals surface area (Å²) in [7, 11) is 0. The molecule has 142 valence electrons. The van der Waals surface area contributed by atoms with E-state index in [0.29, 0.717) is 11.6 Å². The molecular formula is C24H25N2O2+. The molecule has 0 atom stereocenters. The van der Waals surface area contributed by atoms with E-state index in [4.69, 9.17) is 4.42 Å². The molecule has 2 aromatic carbocycles. The molecule has 1 saturated heterocycles. The second-order valence-corrected chi connectivity index (χ2v) is 7.88. The van der Waals surface area contributed by atoms with Gasteiger partial charge in [-0.15, -0.1) is 0 Å². The van der Waals surface area contributed by atoms with Gasteiger partial charge in [0.15, 0.2) is 0 Å². The van der Waals surface area contributed by atoms with Gasteiger partial charge in [-0.05, 0) is 31.0 Å². The molecule has 0 spiro atoms. The zero-order valence-corrected chi connectivity index (χ0v) is 16.4. The first-order valence-electron chi connectivity index (χ1n) is 10.0. The molecule has 0 unspecified atom stereocenters. The molecule has 0 bridgehead atoms. The van der Waals surface area contributed by atoms with Crippen molar-refractivity contribution in [1.82, 2.24) is 4.90 Å². The van der Waals surface area contributed by atoms with Crippen LogP contribution in [-0.4, -0.2) is 37.0 Å². The monoisotopic (exact) mass is 373 g/mol. The number of quaternary nitrogens is 1. The first kappa shape index (κ1) is 17.3.